The zero-order valence-corrected chi connectivity index (χ0v) is 29.4. The zero-order chi connectivity index (χ0) is 36.7. The fourth-order valence-corrected chi connectivity index (χ4v) is 4.37. The lowest BCUT2D eigenvalue weighted by molar-refractivity contribution is -0.139. The molecule has 0 aliphatic carbocycles. The van der Waals surface area contributed by atoms with Crippen molar-refractivity contribution in [3.8, 4) is 40.2 Å². The van der Waals surface area contributed by atoms with Crippen molar-refractivity contribution in [1.29, 1.82) is 5.26 Å². The van der Waals surface area contributed by atoms with Crippen LogP contribution in [0.1, 0.15) is 19.3 Å². The van der Waals surface area contributed by atoms with Crippen LogP contribution in [0.5, 0.6) is 11.5 Å². The lowest BCUT2D eigenvalue weighted by Gasteiger charge is -2.17. The summed E-state index contributed by atoms with van der Waals surface area (Å²) in [6.45, 7) is 2.20. The molecule has 15 heteroatoms. The number of anilines is 1. The molecule has 0 unspecified atom stereocenters. The van der Waals surface area contributed by atoms with Crippen LogP contribution >= 0.6 is 0 Å². The van der Waals surface area contributed by atoms with E-state index in [0.717, 1.165) is 5.56 Å². The molecule has 0 saturated carbocycles. The summed E-state index contributed by atoms with van der Waals surface area (Å²) in [4.78, 5) is 48.0. The van der Waals surface area contributed by atoms with E-state index < -0.39 is 25.0 Å². The summed E-state index contributed by atoms with van der Waals surface area (Å²) in [5.74, 6) is 0.703. The Kier molecular flexibility index (Phi) is 18.4. The summed E-state index contributed by atoms with van der Waals surface area (Å²) < 4.78 is 32.1. The van der Waals surface area contributed by atoms with E-state index in [-0.39, 0.29) is 18.3 Å². The molecule has 3 amide bonds. The molecular weight excluding hydrogens is 660 g/mol. The Morgan fingerprint density at radius 2 is 1.33 bits per heavy atom. The summed E-state index contributed by atoms with van der Waals surface area (Å²) >= 11 is 0. The number of hydrogen-bond donors (Lipinski definition) is 2. The van der Waals surface area contributed by atoms with E-state index in [9.17, 15) is 14.4 Å². The highest BCUT2D eigenvalue weighted by molar-refractivity contribution is 5.92. The second kappa shape index (κ2) is 23.3. The lowest BCUT2D eigenvalue weighted by Crippen LogP contribution is -2.40. The molecule has 1 heterocycles. The Morgan fingerprint density at radius 1 is 0.745 bits per heavy atom. The van der Waals surface area contributed by atoms with E-state index in [1.165, 1.54) is 11.9 Å². The highest BCUT2D eigenvalue weighted by Gasteiger charge is 2.15. The Hall–Kier alpha value is -5.14. The van der Waals surface area contributed by atoms with Crippen molar-refractivity contribution >= 4 is 23.5 Å². The first-order chi connectivity index (χ1) is 24.8. The number of amides is 3. The van der Waals surface area contributed by atoms with E-state index in [1.807, 2.05) is 36.4 Å². The molecule has 1 aromatic heterocycles. The first-order valence-corrected chi connectivity index (χ1v) is 16.5. The molecule has 0 spiro atoms. The van der Waals surface area contributed by atoms with Gasteiger partial charge in [0.2, 0.25) is 11.8 Å². The third-order valence-corrected chi connectivity index (χ3v) is 7.10. The average molecular weight is 707 g/mol. The molecule has 274 valence electrons. The highest BCUT2D eigenvalue weighted by atomic mass is 16.5. The normalized spacial score (nSPS) is 10.6. The van der Waals surface area contributed by atoms with Crippen LogP contribution in [0.25, 0.3) is 22.6 Å². The molecule has 51 heavy (non-hydrogen) atoms. The predicted molar refractivity (Wildman–Crippen MR) is 188 cm³/mol. The van der Waals surface area contributed by atoms with Crippen LogP contribution in [-0.2, 0) is 33.3 Å². The number of aromatic nitrogens is 2. The summed E-state index contributed by atoms with van der Waals surface area (Å²) in [6.07, 6.45) is 1.79. The van der Waals surface area contributed by atoms with Gasteiger partial charge < -0.3 is 44.0 Å². The molecule has 0 saturated heterocycles. The number of rotatable bonds is 24. The molecule has 0 aliphatic heterocycles. The Labute approximate surface area is 298 Å². The Bertz CT molecular complexity index is 1480. The summed E-state index contributed by atoms with van der Waals surface area (Å²) in [5.41, 5.74) is 2.08. The topological polar surface area (TPSA) is 183 Å². The van der Waals surface area contributed by atoms with Crippen molar-refractivity contribution in [3.05, 3.63) is 54.6 Å². The van der Waals surface area contributed by atoms with Gasteiger partial charge in [0, 0.05) is 50.4 Å². The van der Waals surface area contributed by atoms with Crippen LogP contribution in [-0.4, -0.2) is 120 Å². The first kappa shape index (κ1) is 40.3. The maximum absolute atomic E-state index is 12.8. The molecule has 0 fully saturated rings. The molecule has 0 radical (unpaired) electrons. The monoisotopic (exact) mass is 706 g/mol. The highest BCUT2D eigenvalue weighted by Crippen LogP contribution is 2.27. The van der Waals surface area contributed by atoms with E-state index >= 15 is 0 Å². The SMILES string of the molecule is COc1ccc(-c2cc(NC(=O)COCC(=O)N(C)CC(=O)NCCCOCCOCCOCCCC#N)nc(-c3ccc(OC)cc3)n2)cc1. The van der Waals surface area contributed by atoms with Gasteiger partial charge in [0.25, 0.3) is 5.91 Å². The number of nitriles is 1. The Morgan fingerprint density at radius 3 is 1.94 bits per heavy atom. The summed E-state index contributed by atoms with van der Waals surface area (Å²) in [5, 5.41) is 13.9. The van der Waals surface area contributed by atoms with Crippen LogP contribution in [0, 0.1) is 11.3 Å². The third kappa shape index (κ3) is 15.5. The fourth-order valence-electron chi connectivity index (χ4n) is 4.37. The van der Waals surface area contributed by atoms with E-state index in [1.54, 1.807) is 32.4 Å². The maximum atomic E-state index is 12.8. The minimum Gasteiger partial charge on any atom is -0.497 e. The number of carbonyl (C=O) groups is 3. The molecule has 2 aromatic carbocycles. The number of methoxy groups -OCH3 is 2. The van der Waals surface area contributed by atoms with Crippen molar-refractivity contribution in [2.75, 3.05) is 92.5 Å². The van der Waals surface area contributed by atoms with Gasteiger partial charge in [-0.15, -0.1) is 0 Å². The van der Waals surface area contributed by atoms with Gasteiger partial charge in [0.05, 0.1) is 59.0 Å². The minimum atomic E-state index is -0.519. The van der Waals surface area contributed by atoms with E-state index in [2.05, 4.69) is 21.7 Å². The molecule has 0 aliphatic rings. The average Bonchev–Trinajstić information content (AvgIpc) is 3.14. The van der Waals surface area contributed by atoms with Crippen molar-refractivity contribution < 1.29 is 42.8 Å². The van der Waals surface area contributed by atoms with Crippen LogP contribution in [0.2, 0.25) is 0 Å². The van der Waals surface area contributed by atoms with Gasteiger partial charge in [0.1, 0.15) is 30.5 Å². The number of carbonyl (C=O) groups excluding carboxylic acids is 3. The maximum Gasteiger partial charge on any atom is 0.251 e. The summed E-state index contributed by atoms with van der Waals surface area (Å²) in [7, 11) is 4.65. The molecule has 0 atom stereocenters. The number of unbranched alkanes of at least 4 members (excludes halogenated alkanes) is 1. The lowest BCUT2D eigenvalue weighted by atomic mass is 10.1. The van der Waals surface area contributed by atoms with Crippen molar-refractivity contribution in [1.82, 2.24) is 20.2 Å². The van der Waals surface area contributed by atoms with E-state index in [0.29, 0.717) is 94.0 Å². The molecular formula is C36H46N6O9. The number of ether oxygens (including phenoxy) is 6. The zero-order valence-electron chi connectivity index (χ0n) is 29.4. The van der Waals surface area contributed by atoms with Crippen LogP contribution in [0.3, 0.4) is 0 Å². The number of nitrogens with one attached hydrogen (secondary N) is 2. The molecule has 0 bridgehead atoms. The smallest absolute Gasteiger partial charge is 0.251 e. The van der Waals surface area contributed by atoms with Gasteiger partial charge in [-0.3, -0.25) is 14.4 Å². The van der Waals surface area contributed by atoms with Gasteiger partial charge >= 0.3 is 0 Å². The standard InChI is InChI=1S/C36H46N6O9/c1-42(24-33(43)38-16-6-18-49-20-22-50-21-19-48-17-5-4-15-37)35(45)26-51-25-34(44)40-32-23-31(27-7-11-29(46-2)12-8-27)39-36(41-32)28-9-13-30(47-3)14-10-28/h7-14,23H,4-6,16-22,24-26H2,1-3H3,(H,38,43)(H,39,40,41,44). The van der Waals surface area contributed by atoms with Gasteiger partial charge in [-0.2, -0.15) is 5.26 Å². The summed E-state index contributed by atoms with van der Waals surface area (Å²) in [6, 6.07) is 18.3. The van der Waals surface area contributed by atoms with Crippen molar-refractivity contribution in [3.63, 3.8) is 0 Å². The van der Waals surface area contributed by atoms with Crippen molar-refractivity contribution in [2.45, 2.75) is 19.3 Å². The molecule has 3 rings (SSSR count). The van der Waals surface area contributed by atoms with E-state index in [4.69, 9.17) is 38.7 Å². The second-order valence-corrected chi connectivity index (χ2v) is 11.0. The molecule has 3 aromatic rings. The number of benzene rings is 2. The molecule has 2 N–H and O–H groups in total. The number of likely N-dealkylation sites (N-methyl/N-ethyl adjacent to an activating group) is 1. The number of hydrogen-bond acceptors (Lipinski definition) is 12. The van der Waals surface area contributed by atoms with Gasteiger partial charge in [-0.25, -0.2) is 9.97 Å². The first-order valence-electron chi connectivity index (χ1n) is 16.5. The molecule has 15 nitrogen and oxygen atoms in total. The third-order valence-electron chi connectivity index (χ3n) is 7.10. The van der Waals surface area contributed by atoms with Gasteiger partial charge in [-0.05, 0) is 61.4 Å². The van der Waals surface area contributed by atoms with Gasteiger partial charge in [0.15, 0.2) is 5.82 Å². The minimum absolute atomic E-state index is 0.162. The van der Waals surface area contributed by atoms with Crippen molar-refractivity contribution in [2.24, 2.45) is 0 Å². The second-order valence-electron chi connectivity index (χ2n) is 11.0. The van der Waals surface area contributed by atoms with Crippen LogP contribution in [0.15, 0.2) is 54.6 Å². The largest absolute Gasteiger partial charge is 0.497 e. The number of nitrogens with zero attached hydrogens (tertiary/aromatic N) is 4. The predicted octanol–water partition coefficient (Wildman–Crippen LogP) is 3.10. The van der Waals surface area contributed by atoms with Crippen LogP contribution < -0.4 is 20.1 Å². The van der Waals surface area contributed by atoms with Gasteiger partial charge in [-0.1, -0.05) is 0 Å². The fraction of sp³-hybridized carbons (Fsp3) is 0.444. The van der Waals surface area contributed by atoms with Crippen LogP contribution in [0.4, 0.5) is 5.82 Å². The Balaban J connectivity index is 1.36. The quantitative estimate of drug-likeness (QED) is 0.130.